The summed E-state index contributed by atoms with van der Waals surface area (Å²) in [5.74, 6) is 0.228. The van der Waals surface area contributed by atoms with Crippen molar-refractivity contribution >= 4 is 21.7 Å². The summed E-state index contributed by atoms with van der Waals surface area (Å²) >= 11 is 3.35. The lowest BCUT2D eigenvalue weighted by Gasteiger charge is -2.20. The number of phenolic OH excluding ortho intramolecular Hbond substituents is 1. The van der Waals surface area contributed by atoms with E-state index >= 15 is 0 Å². The number of rotatable bonds is 7. The lowest BCUT2D eigenvalue weighted by molar-refractivity contribution is 0.0972. The highest BCUT2D eigenvalue weighted by atomic mass is 79.9. The van der Waals surface area contributed by atoms with Gasteiger partial charge in [-0.2, -0.15) is 0 Å². The Kier molecular flexibility index (Phi) is 6.33. The van der Waals surface area contributed by atoms with Crippen LogP contribution in [-0.2, 0) is 0 Å². The molecule has 2 aromatic carbocycles. The van der Waals surface area contributed by atoms with Crippen LogP contribution in [0.3, 0.4) is 0 Å². The second kappa shape index (κ2) is 8.24. The number of carbonyl (C=O) groups excluding carboxylic acids is 1. The highest BCUT2D eigenvalue weighted by Gasteiger charge is 2.16. The molecule has 0 radical (unpaired) electrons. The van der Waals surface area contributed by atoms with Gasteiger partial charge in [0.15, 0.2) is 5.78 Å². The van der Waals surface area contributed by atoms with Gasteiger partial charge in [-0.1, -0.05) is 40.2 Å². The van der Waals surface area contributed by atoms with Gasteiger partial charge in [-0.15, -0.1) is 0 Å². The molecule has 122 valence electrons. The summed E-state index contributed by atoms with van der Waals surface area (Å²) in [7, 11) is 0. The molecule has 0 bridgehead atoms. The molecule has 0 aliphatic carbocycles. The van der Waals surface area contributed by atoms with Crippen molar-refractivity contribution < 1.29 is 15.0 Å². The number of halogens is 1. The molecule has 2 aromatic rings. The van der Waals surface area contributed by atoms with E-state index in [9.17, 15) is 15.0 Å². The molecule has 0 aromatic heterocycles. The molecule has 5 heteroatoms. The number of nitrogens with one attached hydrogen (secondary N) is 1. The topological polar surface area (TPSA) is 69.6 Å². The molecule has 0 spiro atoms. The number of hydrogen-bond acceptors (Lipinski definition) is 4. The zero-order valence-electron chi connectivity index (χ0n) is 12.9. The second-order valence-corrected chi connectivity index (χ2v) is 6.38. The minimum atomic E-state index is -0.698. The van der Waals surface area contributed by atoms with E-state index in [-0.39, 0.29) is 17.6 Å². The van der Waals surface area contributed by atoms with Gasteiger partial charge in [0.05, 0.1) is 6.10 Å². The predicted molar refractivity (Wildman–Crippen MR) is 93.6 cm³/mol. The summed E-state index contributed by atoms with van der Waals surface area (Å²) in [4.78, 5) is 12.1. The van der Waals surface area contributed by atoms with E-state index < -0.39 is 6.10 Å². The molecule has 2 rings (SSSR count). The van der Waals surface area contributed by atoms with E-state index in [0.717, 1.165) is 10.0 Å². The maximum Gasteiger partial charge on any atom is 0.164 e. The first-order valence-corrected chi connectivity index (χ1v) is 8.26. The van der Waals surface area contributed by atoms with Crippen LogP contribution in [-0.4, -0.2) is 28.6 Å². The van der Waals surface area contributed by atoms with Crippen molar-refractivity contribution in [2.45, 2.75) is 25.5 Å². The monoisotopic (exact) mass is 377 g/mol. The van der Waals surface area contributed by atoms with E-state index in [0.29, 0.717) is 18.5 Å². The average molecular weight is 378 g/mol. The standard InChI is InChI=1S/C18H20BrNO3/c1-12(18(23)13-5-7-16(21)8-6-13)20-10-9-17(22)14-3-2-4-15(19)11-14/h2-8,11-12,18,20-21,23H,9-10H2,1H3. The third-order valence-corrected chi connectivity index (χ3v) is 4.17. The van der Waals surface area contributed by atoms with Crippen LogP contribution in [0.1, 0.15) is 35.4 Å². The van der Waals surface area contributed by atoms with Crippen molar-refractivity contribution in [3.05, 3.63) is 64.1 Å². The number of Topliss-reactive ketones (excluding diaryl/α,β-unsaturated/α-hetero) is 1. The maximum atomic E-state index is 12.1. The smallest absolute Gasteiger partial charge is 0.164 e. The first-order chi connectivity index (χ1) is 11.0. The Bertz CT molecular complexity index is 658. The van der Waals surface area contributed by atoms with Gasteiger partial charge in [0.25, 0.3) is 0 Å². The highest BCUT2D eigenvalue weighted by Crippen LogP contribution is 2.19. The summed E-state index contributed by atoms with van der Waals surface area (Å²) in [5, 5.41) is 22.7. The van der Waals surface area contributed by atoms with Gasteiger partial charge in [-0.25, -0.2) is 0 Å². The van der Waals surface area contributed by atoms with Gasteiger partial charge in [0.2, 0.25) is 0 Å². The summed E-state index contributed by atoms with van der Waals surface area (Å²) in [5.41, 5.74) is 1.40. The van der Waals surface area contributed by atoms with E-state index in [1.54, 1.807) is 36.4 Å². The number of phenols is 1. The van der Waals surface area contributed by atoms with Gasteiger partial charge in [0.1, 0.15) is 5.75 Å². The fraction of sp³-hybridized carbons (Fsp3) is 0.278. The molecular weight excluding hydrogens is 358 g/mol. The predicted octanol–water partition coefficient (Wildman–Crippen LogP) is 3.44. The van der Waals surface area contributed by atoms with Crippen LogP contribution in [0.5, 0.6) is 5.75 Å². The van der Waals surface area contributed by atoms with Gasteiger partial charge >= 0.3 is 0 Å². The molecule has 0 aliphatic heterocycles. The summed E-state index contributed by atoms with van der Waals surface area (Å²) in [6, 6.07) is 13.6. The average Bonchev–Trinajstić information content (AvgIpc) is 2.54. The third-order valence-electron chi connectivity index (χ3n) is 3.67. The van der Waals surface area contributed by atoms with Crippen molar-refractivity contribution in [3.63, 3.8) is 0 Å². The molecule has 0 heterocycles. The first-order valence-electron chi connectivity index (χ1n) is 7.46. The summed E-state index contributed by atoms with van der Waals surface area (Å²) in [6.07, 6.45) is -0.333. The molecule has 0 amide bonds. The van der Waals surface area contributed by atoms with Crippen LogP contribution in [0.2, 0.25) is 0 Å². The number of hydrogen-bond donors (Lipinski definition) is 3. The Morgan fingerprint density at radius 3 is 2.57 bits per heavy atom. The lowest BCUT2D eigenvalue weighted by Crippen LogP contribution is -2.33. The maximum absolute atomic E-state index is 12.1. The molecule has 2 atom stereocenters. The van der Waals surface area contributed by atoms with Crippen LogP contribution < -0.4 is 5.32 Å². The Balaban J connectivity index is 1.83. The van der Waals surface area contributed by atoms with E-state index in [2.05, 4.69) is 21.2 Å². The zero-order chi connectivity index (χ0) is 16.8. The van der Waals surface area contributed by atoms with Crippen molar-refractivity contribution in [3.8, 4) is 5.75 Å². The molecule has 0 saturated carbocycles. The SMILES string of the molecule is CC(NCCC(=O)c1cccc(Br)c1)C(O)c1ccc(O)cc1. The van der Waals surface area contributed by atoms with Crippen molar-refractivity contribution in [2.24, 2.45) is 0 Å². The molecule has 0 aliphatic rings. The largest absolute Gasteiger partial charge is 0.508 e. The quantitative estimate of drug-likeness (QED) is 0.646. The van der Waals surface area contributed by atoms with Crippen LogP contribution >= 0.6 is 15.9 Å². The number of ketones is 1. The third kappa shape index (κ3) is 5.16. The Morgan fingerprint density at radius 2 is 1.91 bits per heavy atom. The first kappa shape index (κ1) is 17.7. The number of carbonyl (C=O) groups is 1. The summed E-state index contributed by atoms with van der Waals surface area (Å²) in [6.45, 7) is 2.35. The summed E-state index contributed by atoms with van der Waals surface area (Å²) < 4.78 is 0.882. The minimum Gasteiger partial charge on any atom is -0.508 e. The van der Waals surface area contributed by atoms with Crippen molar-refractivity contribution in [1.29, 1.82) is 0 Å². The minimum absolute atomic E-state index is 0.0603. The molecule has 23 heavy (non-hydrogen) atoms. The van der Waals surface area contributed by atoms with Crippen molar-refractivity contribution in [1.82, 2.24) is 5.32 Å². The van der Waals surface area contributed by atoms with Crippen LogP contribution in [0, 0.1) is 0 Å². The molecule has 3 N–H and O–H groups in total. The fourth-order valence-electron chi connectivity index (χ4n) is 2.29. The number of aromatic hydroxyl groups is 1. The molecule has 2 unspecified atom stereocenters. The normalized spacial score (nSPS) is 13.5. The Morgan fingerprint density at radius 1 is 1.22 bits per heavy atom. The van der Waals surface area contributed by atoms with Gasteiger partial charge in [-0.05, 0) is 36.8 Å². The lowest BCUT2D eigenvalue weighted by atomic mass is 10.0. The van der Waals surface area contributed by atoms with Crippen LogP contribution in [0.25, 0.3) is 0 Å². The Hall–Kier alpha value is -1.69. The van der Waals surface area contributed by atoms with Crippen molar-refractivity contribution in [2.75, 3.05) is 6.54 Å². The van der Waals surface area contributed by atoms with Crippen LogP contribution in [0.15, 0.2) is 53.0 Å². The Labute approximate surface area is 144 Å². The molecule has 0 fully saturated rings. The molecule has 4 nitrogen and oxygen atoms in total. The van der Waals surface area contributed by atoms with Gasteiger partial charge in [-0.3, -0.25) is 4.79 Å². The number of benzene rings is 2. The zero-order valence-corrected chi connectivity index (χ0v) is 14.5. The van der Waals surface area contributed by atoms with E-state index in [1.807, 2.05) is 19.1 Å². The molecule has 0 saturated heterocycles. The second-order valence-electron chi connectivity index (χ2n) is 5.46. The van der Waals surface area contributed by atoms with E-state index in [1.165, 1.54) is 0 Å². The fourth-order valence-corrected chi connectivity index (χ4v) is 2.69. The highest BCUT2D eigenvalue weighted by molar-refractivity contribution is 9.10. The van der Waals surface area contributed by atoms with Gasteiger partial charge in [0, 0.05) is 29.0 Å². The number of aliphatic hydroxyl groups excluding tert-OH is 1. The van der Waals surface area contributed by atoms with Gasteiger partial charge < -0.3 is 15.5 Å². The van der Waals surface area contributed by atoms with Crippen LogP contribution in [0.4, 0.5) is 0 Å². The number of aliphatic hydroxyl groups is 1. The molecular formula is C18H20BrNO3. The van der Waals surface area contributed by atoms with E-state index in [4.69, 9.17) is 0 Å².